The molecule has 1 aliphatic carbocycles. The minimum Gasteiger partial charge on any atom is -0.508 e. The molecule has 1 aliphatic rings. The Balaban J connectivity index is 1.85. The van der Waals surface area contributed by atoms with E-state index in [1.807, 2.05) is 26.8 Å². The number of benzene rings is 2. The molecule has 0 aromatic heterocycles. The van der Waals surface area contributed by atoms with Gasteiger partial charge >= 0.3 is 0 Å². The highest BCUT2D eigenvalue weighted by atomic mass is 19.1. The monoisotopic (exact) mass is 582 g/mol. The summed E-state index contributed by atoms with van der Waals surface area (Å²) in [5.41, 5.74) is 14.0. The standard InChI is InChI=1S/C33H47FN4O4/c1-33(2,3)25-17-23(13-16-29(25)39)20-27(30(36)40)37(4)32(42)28(19-21-9-7-6-8-10-21)38(5)31(41)26(35)18-22-11-14-24(34)15-12-22/h11-17,21,26-28,39H,6-10,18-20,35H2,1-5H3,(H2,36,40)/t26-,27-,28-/m0/s1. The van der Waals surface area contributed by atoms with Gasteiger partial charge in [0.25, 0.3) is 0 Å². The third kappa shape index (κ3) is 8.53. The summed E-state index contributed by atoms with van der Waals surface area (Å²) in [4.78, 5) is 43.1. The minimum absolute atomic E-state index is 0.163. The average Bonchev–Trinajstić information content (AvgIpc) is 2.94. The van der Waals surface area contributed by atoms with Crippen molar-refractivity contribution in [2.75, 3.05) is 14.1 Å². The summed E-state index contributed by atoms with van der Waals surface area (Å²) < 4.78 is 13.4. The lowest BCUT2D eigenvalue weighted by Gasteiger charge is -2.37. The van der Waals surface area contributed by atoms with Crippen molar-refractivity contribution >= 4 is 17.7 Å². The second kappa shape index (κ2) is 14.1. The molecule has 1 fully saturated rings. The number of aromatic hydroxyl groups is 1. The van der Waals surface area contributed by atoms with E-state index >= 15 is 0 Å². The van der Waals surface area contributed by atoms with Crippen LogP contribution in [0.2, 0.25) is 0 Å². The maximum absolute atomic E-state index is 14.1. The van der Waals surface area contributed by atoms with Gasteiger partial charge in [0.05, 0.1) is 6.04 Å². The van der Waals surface area contributed by atoms with E-state index in [9.17, 15) is 23.9 Å². The van der Waals surface area contributed by atoms with Gasteiger partial charge in [-0.2, -0.15) is 0 Å². The quantitative estimate of drug-likeness (QED) is 0.368. The predicted molar refractivity (Wildman–Crippen MR) is 162 cm³/mol. The number of carbonyl (C=O) groups is 3. The van der Waals surface area contributed by atoms with Crippen LogP contribution in [0.25, 0.3) is 0 Å². The summed E-state index contributed by atoms with van der Waals surface area (Å²) in [6.07, 6.45) is 6.07. The molecule has 9 heteroatoms. The molecule has 0 unspecified atom stereocenters. The van der Waals surface area contributed by atoms with E-state index in [0.29, 0.717) is 6.42 Å². The average molecular weight is 583 g/mol. The number of rotatable bonds is 11. The topological polar surface area (TPSA) is 130 Å². The molecule has 3 atom stereocenters. The Morgan fingerprint density at radius 2 is 1.48 bits per heavy atom. The van der Waals surface area contributed by atoms with Crippen molar-refractivity contribution < 1.29 is 23.9 Å². The molecule has 5 N–H and O–H groups in total. The van der Waals surface area contributed by atoms with E-state index in [-0.39, 0.29) is 41.6 Å². The molecule has 2 aromatic rings. The van der Waals surface area contributed by atoms with Crippen molar-refractivity contribution in [1.29, 1.82) is 0 Å². The number of nitrogens with zero attached hydrogens (tertiary/aromatic N) is 2. The number of nitrogens with two attached hydrogens (primary N) is 2. The minimum atomic E-state index is -0.958. The first kappa shape index (κ1) is 33.0. The van der Waals surface area contributed by atoms with Crippen molar-refractivity contribution in [3.63, 3.8) is 0 Å². The largest absolute Gasteiger partial charge is 0.508 e. The van der Waals surface area contributed by atoms with Crippen LogP contribution < -0.4 is 11.5 Å². The Labute approximate surface area is 249 Å². The van der Waals surface area contributed by atoms with E-state index in [4.69, 9.17) is 11.5 Å². The number of phenolic OH excluding ortho intramolecular Hbond substituents is 1. The van der Waals surface area contributed by atoms with Gasteiger partial charge in [-0.1, -0.05) is 77.1 Å². The third-order valence-electron chi connectivity index (χ3n) is 8.51. The van der Waals surface area contributed by atoms with Gasteiger partial charge < -0.3 is 26.4 Å². The number of likely N-dealkylation sites (N-methyl/N-ethyl adjacent to an activating group) is 2. The Kier molecular flexibility index (Phi) is 11.1. The zero-order valence-corrected chi connectivity index (χ0v) is 25.6. The highest BCUT2D eigenvalue weighted by Gasteiger charge is 2.37. The number of amides is 3. The first-order chi connectivity index (χ1) is 19.7. The van der Waals surface area contributed by atoms with Crippen molar-refractivity contribution in [1.82, 2.24) is 9.80 Å². The van der Waals surface area contributed by atoms with Gasteiger partial charge in [-0.25, -0.2) is 4.39 Å². The van der Waals surface area contributed by atoms with Crippen LogP contribution in [0.5, 0.6) is 5.75 Å². The van der Waals surface area contributed by atoms with Crippen LogP contribution >= 0.6 is 0 Å². The summed E-state index contributed by atoms with van der Waals surface area (Å²) in [6, 6.07) is 8.28. The normalized spacial score (nSPS) is 16.4. The van der Waals surface area contributed by atoms with Crippen LogP contribution in [0.3, 0.4) is 0 Å². The van der Waals surface area contributed by atoms with Gasteiger partial charge in [0.2, 0.25) is 17.7 Å². The highest BCUT2D eigenvalue weighted by Crippen LogP contribution is 2.32. The molecule has 0 aliphatic heterocycles. The second-order valence-corrected chi connectivity index (χ2v) is 12.8. The molecule has 2 aromatic carbocycles. The lowest BCUT2D eigenvalue weighted by atomic mass is 9.83. The maximum atomic E-state index is 14.1. The first-order valence-corrected chi connectivity index (χ1v) is 14.8. The fourth-order valence-corrected chi connectivity index (χ4v) is 5.89. The summed E-state index contributed by atoms with van der Waals surface area (Å²) in [7, 11) is 3.13. The number of carbonyl (C=O) groups excluding carboxylic acids is 3. The van der Waals surface area contributed by atoms with E-state index < -0.39 is 29.9 Å². The Hall–Kier alpha value is -3.46. The number of hydrogen-bond acceptors (Lipinski definition) is 5. The fraction of sp³-hybridized carbons (Fsp3) is 0.545. The molecule has 3 amide bonds. The van der Waals surface area contributed by atoms with Crippen LogP contribution in [-0.2, 0) is 32.6 Å². The predicted octanol–water partition coefficient (Wildman–Crippen LogP) is 4.05. The van der Waals surface area contributed by atoms with E-state index in [2.05, 4.69) is 0 Å². The van der Waals surface area contributed by atoms with Crippen molar-refractivity contribution in [2.24, 2.45) is 17.4 Å². The van der Waals surface area contributed by atoms with Gasteiger partial charge in [0.15, 0.2) is 0 Å². The number of halogens is 1. The molecule has 8 nitrogen and oxygen atoms in total. The summed E-state index contributed by atoms with van der Waals surface area (Å²) in [5.74, 6) is -1.37. The highest BCUT2D eigenvalue weighted by molar-refractivity contribution is 5.92. The van der Waals surface area contributed by atoms with Gasteiger partial charge in [-0.05, 0) is 59.1 Å². The van der Waals surface area contributed by atoms with Crippen molar-refractivity contribution in [3.8, 4) is 5.75 Å². The van der Waals surface area contributed by atoms with Crippen LogP contribution in [-0.4, -0.2) is 64.8 Å². The lowest BCUT2D eigenvalue weighted by molar-refractivity contribution is -0.148. The van der Waals surface area contributed by atoms with Gasteiger partial charge in [-0.15, -0.1) is 0 Å². The molecule has 42 heavy (non-hydrogen) atoms. The molecular weight excluding hydrogens is 535 g/mol. The van der Waals surface area contributed by atoms with E-state index in [1.54, 1.807) is 38.4 Å². The van der Waals surface area contributed by atoms with E-state index in [0.717, 1.165) is 48.8 Å². The second-order valence-electron chi connectivity index (χ2n) is 12.8. The van der Waals surface area contributed by atoms with Gasteiger partial charge in [0, 0.05) is 20.5 Å². The van der Waals surface area contributed by atoms with Crippen molar-refractivity contribution in [3.05, 3.63) is 65.0 Å². The summed E-state index contributed by atoms with van der Waals surface area (Å²) in [5, 5.41) is 10.4. The van der Waals surface area contributed by atoms with Crippen LogP contribution in [0.15, 0.2) is 42.5 Å². The SMILES string of the molecule is CN(C(=O)[C@@H](N)Cc1ccc(F)cc1)[C@@H](CC1CCCCC1)C(=O)N(C)[C@@H](Cc1ccc(O)c(C(C)(C)C)c1)C(N)=O. The van der Waals surface area contributed by atoms with E-state index in [1.165, 1.54) is 21.9 Å². The first-order valence-electron chi connectivity index (χ1n) is 14.8. The lowest BCUT2D eigenvalue weighted by Crippen LogP contribution is -2.57. The molecule has 0 bridgehead atoms. The molecule has 0 spiro atoms. The van der Waals surface area contributed by atoms with Crippen LogP contribution in [0.4, 0.5) is 4.39 Å². The Morgan fingerprint density at radius 1 is 0.905 bits per heavy atom. The fourth-order valence-electron chi connectivity index (χ4n) is 5.89. The number of hydrogen-bond donors (Lipinski definition) is 3. The number of primary amides is 1. The van der Waals surface area contributed by atoms with Gasteiger partial charge in [-0.3, -0.25) is 14.4 Å². The molecule has 230 valence electrons. The molecule has 0 heterocycles. The van der Waals surface area contributed by atoms with Crippen LogP contribution in [0, 0.1) is 11.7 Å². The molecule has 0 radical (unpaired) electrons. The third-order valence-corrected chi connectivity index (χ3v) is 8.51. The maximum Gasteiger partial charge on any atom is 0.245 e. The van der Waals surface area contributed by atoms with Gasteiger partial charge in [0.1, 0.15) is 23.7 Å². The number of phenols is 1. The molecule has 3 rings (SSSR count). The molecule has 1 saturated carbocycles. The zero-order valence-electron chi connectivity index (χ0n) is 25.6. The Morgan fingerprint density at radius 3 is 2.05 bits per heavy atom. The summed E-state index contributed by atoms with van der Waals surface area (Å²) in [6.45, 7) is 5.95. The van der Waals surface area contributed by atoms with Crippen molar-refractivity contribution in [2.45, 2.75) is 95.7 Å². The smallest absolute Gasteiger partial charge is 0.245 e. The zero-order chi connectivity index (χ0) is 31.2. The van der Waals surface area contributed by atoms with Crippen LogP contribution in [0.1, 0.15) is 76.0 Å². The Bertz CT molecular complexity index is 1240. The summed E-state index contributed by atoms with van der Waals surface area (Å²) >= 11 is 0. The molecular formula is C33H47FN4O4. The molecule has 0 saturated heterocycles.